The molecule has 2 aromatic carbocycles. The third-order valence-corrected chi connectivity index (χ3v) is 8.24. The van der Waals surface area contributed by atoms with E-state index < -0.39 is 0 Å². The number of carbonyl (C=O) groups is 1. The highest BCUT2D eigenvalue weighted by atomic mass is 35.5. The Balaban J connectivity index is 0.000000175. The van der Waals surface area contributed by atoms with Gasteiger partial charge in [0.25, 0.3) is 11.1 Å². The van der Waals surface area contributed by atoms with Crippen LogP contribution < -0.4 is 16.9 Å². The van der Waals surface area contributed by atoms with Gasteiger partial charge in [-0.15, -0.1) is 0 Å². The van der Waals surface area contributed by atoms with E-state index in [4.69, 9.17) is 53.4 Å². The second kappa shape index (κ2) is 12.9. The maximum absolute atomic E-state index is 11.9. The zero-order valence-electron chi connectivity index (χ0n) is 23.5. The molecule has 4 aromatic heterocycles. The van der Waals surface area contributed by atoms with Crippen LogP contribution in [0.15, 0.2) is 70.5 Å². The molecule has 0 aliphatic carbocycles. The number of nitrogens with two attached hydrogens (primary N) is 1. The Labute approximate surface area is 270 Å². The van der Waals surface area contributed by atoms with Crippen LogP contribution in [0.25, 0.3) is 22.1 Å². The summed E-state index contributed by atoms with van der Waals surface area (Å²) in [4.78, 5) is 46.7. The van der Waals surface area contributed by atoms with E-state index in [0.29, 0.717) is 54.8 Å². The van der Waals surface area contributed by atoms with Crippen LogP contribution in [0.5, 0.6) is 0 Å². The van der Waals surface area contributed by atoms with Crippen molar-refractivity contribution >= 4 is 75.5 Å². The van der Waals surface area contributed by atoms with Crippen LogP contribution in [0.3, 0.4) is 0 Å². The van der Waals surface area contributed by atoms with Gasteiger partial charge in [0.15, 0.2) is 15.3 Å². The number of nitrogens with one attached hydrogen (secondary N) is 4. The van der Waals surface area contributed by atoms with Crippen LogP contribution in [-0.2, 0) is 13.1 Å². The molecule has 14 heteroatoms. The van der Waals surface area contributed by atoms with Gasteiger partial charge in [0.2, 0.25) is 0 Å². The number of ketones is 1. The maximum Gasteiger partial charge on any atom is 0.276 e. The van der Waals surface area contributed by atoms with Gasteiger partial charge >= 0.3 is 0 Å². The van der Waals surface area contributed by atoms with E-state index in [0.717, 1.165) is 22.2 Å². The summed E-state index contributed by atoms with van der Waals surface area (Å²) in [5, 5.41) is 1.15. The summed E-state index contributed by atoms with van der Waals surface area (Å²) < 4.78 is 4.33. The van der Waals surface area contributed by atoms with Crippen LogP contribution in [0.4, 0.5) is 0 Å². The minimum atomic E-state index is -0.260. The molecule has 0 aliphatic rings. The van der Waals surface area contributed by atoms with Gasteiger partial charge in [-0.1, -0.05) is 35.3 Å². The highest BCUT2D eigenvalue weighted by Crippen LogP contribution is 2.23. The lowest BCUT2D eigenvalue weighted by molar-refractivity contribution is 0.101. The van der Waals surface area contributed by atoms with Crippen molar-refractivity contribution in [2.75, 3.05) is 0 Å². The molecular formula is C30H27Cl2N7O3S2. The highest BCUT2D eigenvalue weighted by molar-refractivity contribution is 7.71. The Morgan fingerprint density at radius 2 is 1.30 bits per heavy atom. The van der Waals surface area contributed by atoms with E-state index in [1.807, 2.05) is 35.8 Å². The van der Waals surface area contributed by atoms with Crippen molar-refractivity contribution in [2.45, 2.75) is 33.0 Å². The molecule has 0 spiro atoms. The Hall–Kier alpha value is -4.07. The number of fused-ring (bicyclic) bond motifs is 2. The smallest absolute Gasteiger partial charge is 0.276 e. The van der Waals surface area contributed by atoms with Crippen molar-refractivity contribution in [1.29, 1.82) is 0 Å². The molecule has 0 saturated carbocycles. The summed E-state index contributed by atoms with van der Waals surface area (Å²) in [5.74, 6) is -0.0706. The van der Waals surface area contributed by atoms with Crippen molar-refractivity contribution in [3.63, 3.8) is 0 Å². The SMILES string of the molecule is CC(=O)c1cc(Cl)ccc1Cn1c(=S)[nH]c(=O)c2[nH]ccc21.CC(N)c1cc(Cl)ccc1Cn1c(=S)[nH]c(=O)c2[nH]ccc21. The number of H-pyrrole nitrogens is 4. The molecule has 0 saturated heterocycles. The monoisotopic (exact) mass is 667 g/mol. The molecule has 1 atom stereocenters. The number of rotatable bonds is 6. The first-order valence-electron chi connectivity index (χ1n) is 13.4. The van der Waals surface area contributed by atoms with Crippen LogP contribution in [0.1, 0.15) is 46.9 Å². The summed E-state index contributed by atoms with van der Waals surface area (Å²) in [7, 11) is 0. The molecule has 0 fully saturated rings. The summed E-state index contributed by atoms with van der Waals surface area (Å²) in [6.45, 7) is 4.29. The van der Waals surface area contributed by atoms with Crippen LogP contribution in [0, 0.1) is 9.54 Å². The molecule has 6 rings (SSSR count). The van der Waals surface area contributed by atoms with Gasteiger partial charge in [0, 0.05) is 34.0 Å². The molecule has 0 radical (unpaired) electrons. The quantitative estimate of drug-likeness (QED) is 0.102. The summed E-state index contributed by atoms with van der Waals surface area (Å²) in [6, 6.07) is 14.3. The van der Waals surface area contributed by atoms with Crippen molar-refractivity contribution in [3.8, 4) is 0 Å². The molecular weight excluding hydrogens is 641 g/mol. The number of benzene rings is 2. The number of aromatic amines is 4. The molecule has 4 heterocycles. The third-order valence-electron chi connectivity index (χ3n) is 7.12. The molecule has 44 heavy (non-hydrogen) atoms. The summed E-state index contributed by atoms with van der Waals surface area (Å²) in [5.41, 5.74) is 11.3. The fourth-order valence-electron chi connectivity index (χ4n) is 5.01. The second-order valence-electron chi connectivity index (χ2n) is 10.2. The average molecular weight is 669 g/mol. The summed E-state index contributed by atoms with van der Waals surface area (Å²) in [6.07, 6.45) is 3.40. The van der Waals surface area contributed by atoms with Crippen molar-refractivity contribution in [1.82, 2.24) is 29.1 Å². The van der Waals surface area contributed by atoms with Gasteiger partial charge < -0.3 is 24.8 Å². The third kappa shape index (κ3) is 6.40. The minimum Gasteiger partial charge on any atom is -0.355 e. The van der Waals surface area contributed by atoms with Gasteiger partial charge in [-0.3, -0.25) is 24.4 Å². The van der Waals surface area contributed by atoms with Gasteiger partial charge in [-0.25, -0.2) is 0 Å². The van der Waals surface area contributed by atoms with Gasteiger partial charge in [0.1, 0.15) is 11.0 Å². The lowest BCUT2D eigenvalue weighted by Gasteiger charge is -2.15. The number of halogens is 2. The molecule has 0 bridgehead atoms. The van der Waals surface area contributed by atoms with Crippen molar-refractivity contribution < 1.29 is 4.79 Å². The first-order chi connectivity index (χ1) is 20.9. The number of nitrogens with zero attached hydrogens (tertiary/aromatic N) is 2. The highest BCUT2D eigenvalue weighted by Gasteiger charge is 2.13. The largest absolute Gasteiger partial charge is 0.355 e. The van der Waals surface area contributed by atoms with E-state index in [9.17, 15) is 14.4 Å². The first-order valence-corrected chi connectivity index (χ1v) is 15.0. The summed E-state index contributed by atoms with van der Waals surface area (Å²) >= 11 is 22.6. The zero-order valence-corrected chi connectivity index (χ0v) is 26.7. The Bertz CT molecular complexity index is 2280. The lowest BCUT2D eigenvalue weighted by atomic mass is 10.0. The number of hydrogen-bond acceptors (Lipinski definition) is 6. The Morgan fingerprint density at radius 1 is 0.818 bits per heavy atom. The molecule has 6 N–H and O–H groups in total. The van der Waals surface area contributed by atoms with E-state index in [2.05, 4.69) is 19.9 Å². The fourth-order valence-corrected chi connectivity index (χ4v) is 5.88. The number of hydrogen-bond donors (Lipinski definition) is 5. The van der Waals surface area contributed by atoms with Crippen LogP contribution in [-0.4, -0.2) is 34.9 Å². The van der Waals surface area contributed by atoms with E-state index >= 15 is 0 Å². The Kier molecular flexibility index (Phi) is 9.18. The van der Waals surface area contributed by atoms with Crippen LogP contribution in [0.2, 0.25) is 10.0 Å². The number of aromatic nitrogens is 6. The molecule has 6 aromatic rings. The zero-order chi connectivity index (χ0) is 31.7. The Morgan fingerprint density at radius 3 is 1.80 bits per heavy atom. The maximum atomic E-state index is 11.9. The average Bonchev–Trinajstić information content (AvgIpc) is 3.66. The van der Waals surface area contributed by atoms with E-state index in [1.54, 1.807) is 41.2 Å². The fraction of sp³-hybridized carbons (Fsp3) is 0.167. The van der Waals surface area contributed by atoms with E-state index in [1.165, 1.54) is 6.92 Å². The second-order valence-corrected chi connectivity index (χ2v) is 11.8. The standard InChI is InChI=1S/C15H15ClN4OS.C15H12ClN3O2S/c1-8(17)11-6-10(16)3-2-9(11)7-20-12-4-5-18-13(12)14(21)19-15(20)22;1-8(20)11-6-10(16)3-2-9(11)7-19-12-4-5-17-13(12)14(21)18-15(19)22/h2-6,8,18H,7,17H2,1H3,(H,19,21,22);2-6,17H,7H2,1H3,(H,18,21,22). The topological polar surface area (TPSA) is 150 Å². The van der Waals surface area contributed by atoms with Gasteiger partial charge in [-0.2, -0.15) is 0 Å². The van der Waals surface area contributed by atoms with Crippen LogP contribution >= 0.6 is 47.6 Å². The lowest BCUT2D eigenvalue weighted by Crippen LogP contribution is -2.16. The van der Waals surface area contributed by atoms with E-state index in [-0.39, 0.29) is 22.9 Å². The first kappa shape index (κ1) is 31.4. The number of carbonyl (C=O) groups excluding carboxylic acids is 1. The van der Waals surface area contributed by atoms with Gasteiger partial charge in [0.05, 0.1) is 24.1 Å². The van der Waals surface area contributed by atoms with Crippen molar-refractivity contribution in [2.24, 2.45) is 5.73 Å². The molecule has 0 aliphatic heterocycles. The number of Topliss-reactive ketones (excluding diaryl/α,β-unsaturated/α-hetero) is 1. The minimum absolute atomic E-state index is 0.0706. The normalized spacial score (nSPS) is 11.8. The van der Waals surface area contributed by atoms with Crippen molar-refractivity contribution in [3.05, 3.63) is 123 Å². The van der Waals surface area contributed by atoms with Gasteiger partial charge in [-0.05, 0) is 91.4 Å². The molecule has 0 amide bonds. The predicted molar refractivity (Wildman–Crippen MR) is 179 cm³/mol. The molecule has 1 unspecified atom stereocenters. The molecule has 226 valence electrons. The molecule has 10 nitrogen and oxygen atoms in total. The predicted octanol–water partition coefficient (Wildman–Crippen LogP) is 6.40.